The quantitative estimate of drug-likeness (QED) is 0.825. The van der Waals surface area contributed by atoms with E-state index in [2.05, 4.69) is 5.32 Å². The summed E-state index contributed by atoms with van der Waals surface area (Å²) in [7, 11) is 0. The molecule has 2 nitrogen and oxygen atoms in total. The average Bonchev–Trinajstić information content (AvgIpc) is 2.28. The topological polar surface area (TPSA) is 29.1 Å². The summed E-state index contributed by atoms with van der Waals surface area (Å²) in [5, 5.41) is 2.84. The number of alkyl halides is 1. The van der Waals surface area contributed by atoms with Gasteiger partial charge in [0.05, 0.1) is 0 Å². The number of amides is 1. The smallest absolute Gasteiger partial charge is 0.251 e. The highest BCUT2D eigenvalue weighted by atomic mass is 35.5. The van der Waals surface area contributed by atoms with Gasteiger partial charge in [-0.1, -0.05) is 13.8 Å². The monoisotopic (exact) mass is 257 g/mol. The van der Waals surface area contributed by atoms with Gasteiger partial charge >= 0.3 is 0 Å². The minimum absolute atomic E-state index is 0.0745. The molecule has 0 heterocycles. The van der Waals surface area contributed by atoms with E-state index < -0.39 is 0 Å². The van der Waals surface area contributed by atoms with Crippen molar-refractivity contribution in [1.82, 2.24) is 5.32 Å². The van der Waals surface area contributed by atoms with Crippen LogP contribution in [0.15, 0.2) is 18.2 Å². The molecular formula is C13H17ClFNO. The number of hydrogen-bond acceptors (Lipinski definition) is 1. The standard InChI is InChI=1S/C13H17ClFNO/c1-8(2)12(7-14)16-13(17)10-4-5-11(15)9(3)6-10/h4-6,8,12H,7H2,1-3H3,(H,16,17). The maximum atomic E-state index is 13.1. The Bertz CT molecular complexity index is 406. The minimum atomic E-state index is -0.306. The molecule has 94 valence electrons. The number of rotatable bonds is 4. The van der Waals surface area contributed by atoms with Gasteiger partial charge in [0.25, 0.3) is 5.91 Å². The predicted octanol–water partition coefficient (Wildman–Crippen LogP) is 3.13. The predicted molar refractivity (Wildman–Crippen MR) is 67.9 cm³/mol. The van der Waals surface area contributed by atoms with Crippen LogP contribution in [0.25, 0.3) is 0 Å². The second-order valence-corrected chi connectivity index (χ2v) is 4.75. The molecule has 4 heteroatoms. The first-order chi connectivity index (χ1) is 7.95. The van der Waals surface area contributed by atoms with Crippen LogP contribution >= 0.6 is 11.6 Å². The molecule has 1 aromatic rings. The van der Waals surface area contributed by atoms with Gasteiger partial charge in [-0.3, -0.25) is 4.79 Å². The fourth-order valence-electron chi connectivity index (χ4n) is 1.42. The fourth-order valence-corrected chi connectivity index (χ4v) is 1.85. The van der Waals surface area contributed by atoms with E-state index in [-0.39, 0.29) is 23.7 Å². The van der Waals surface area contributed by atoms with Crippen molar-refractivity contribution >= 4 is 17.5 Å². The first-order valence-electron chi connectivity index (χ1n) is 5.58. The minimum Gasteiger partial charge on any atom is -0.348 e. The Morgan fingerprint density at radius 3 is 2.59 bits per heavy atom. The van der Waals surface area contributed by atoms with Crippen LogP contribution in [0.2, 0.25) is 0 Å². The van der Waals surface area contributed by atoms with Crippen molar-refractivity contribution in [2.24, 2.45) is 5.92 Å². The number of hydrogen-bond donors (Lipinski definition) is 1. The van der Waals surface area contributed by atoms with Crippen molar-refractivity contribution in [2.45, 2.75) is 26.8 Å². The Balaban J connectivity index is 2.79. The normalized spacial score (nSPS) is 12.6. The van der Waals surface area contributed by atoms with Gasteiger partial charge in [0.1, 0.15) is 5.82 Å². The van der Waals surface area contributed by atoms with Crippen LogP contribution in [0.3, 0.4) is 0 Å². The lowest BCUT2D eigenvalue weighted by atomic mass is 10.1. The third-order valence-corrected chi connectivity index (χ3v) is 3.04. The average molecular weight is 258 g/mol. The summed E-state index contributed by atoms with van der Waals surface area (Å²) >= 11 is 5.78. The molecule has 0 bridgehead atoms. The van der Waals surface area contributed by atoms with E-state index in [0.29, 0.717) is 17.0 Å². The Morgan fingerprint density at radius 1 is 1.47 bits per heavy atom. The van der Waals surface area contributed by atoms with E-state index in [0.717, 1.165) is 0 Å². The fraction of sp³-hybridized carbons (Fsp3) is 0.462. The van der Waals surface area contributed by atoms with Gasteiger partial charge in [0.15, 0.2) is 0 Å². The molecule has 1 N–H and O–H groups in total. The van der Waals surface area contributed by atoms with E-state index >= 15 is 0 Å². The van der Waals surface area contributed by atoms with Crippen molar-refractivity contribution in [1.29, 1.82) is 0 Å². The van der Waals surface area contributed by atoms with Crippen LogP contribution in [0.1, 0.15) is 29.8 Å². The number of carbonyl (C=O) groups excluding carboxylic acids is 1. The Labute approximate surface area is 106 Å². The molecule has 0 saturated heterocycles. The SMILES string of the molecule is Cc1cc(C(=O)NC(CCl)C(C)C)ccc1F. The molecule has 0 aliphatic heterocycles. The second kappa shape index (κ2) is 6.01. The van der Waals surface area contributed by atoms with Crippen LogP contribution in [-0.2, 0) is 0 Å². The molecule has 0 aliphatic rings. The Morgan fingerprint density at radius 2 is 2.12 bits per heavy atom. The van der Waals surface area contributed by atoms with Gasteiger partial charge in [0, 0.05) is 17.5 Å². The number of nitrogens with one attached hydrogen (secondary N) is 1. The largest absolute Gasteiger partial charge is 0.348 e. The zero-order valence-corrected chi connectivity index (χ0v) is 11.0. The van der Waals surface area contributed by atoms with E-state index in [1.54, 1.807) is 6.92 Å². The lowest BCUT2D eigenvalue weighted by Crippen LogP contribution is -2.39. The van der Waals surface area contributed by atoms with E-state index in [9.17, 15) is 9.18 Å². The summed E-state index contributed by atoms with van der Waals surface area (Å²) in [5.41, 5.74) is 0.921. The molecule has 1 unspecified atom stereocenters. The molecule has 0 fully saturated rings. The van der Waals surface area contributed by atoms with Crippen LogP contribution in [0.5, 0.6) is 0 Å². The summed E-state index contributed by atoms with van der Waals surface area (Å²) in [6.45, 7) is 5.61. The number of halogens is 2. The van der Waals surface area contributed by atoms with E-state index in [1.807, 2.05) is 13.8 Å². The first kappa shape index (κ1) is 14.0. The Hall–Kier alpha value is -1.09. The third-order valence-electron chi connectivity index (χ3n) is 2.71. The molecule has 1 rings (SSSR count). The van der Waals surface area contributed by atoms with E-state index in [1.165, 1.54) is 18.2 Å². The highest BCUT2D eigenvalue weighted by Crippen LogP contribution is 2.11. The lowest BCUT2D eigenvalue weighted by molar-refractivity contribution is 0.0931. The molecule has 1 amide bonds. The van der Waals surface area contributed by atoms with Crippen molar-refractivity contribution in [3.63, 3.8) is 0 Å². The van der Waals surface area contributed by atoms with Gasteiger partial charge < -0.3 is 5.32 Å². The summed E-state index contributed by atoms with van der Waals surface area (Å²) in [6.07, 6.45) is 0. The molecule has 0 aromatic heterocycles. The summed E-state index contributed by atoms with van der Waals surface area (Å²) in [5.74, 6) is 0.105. The molecule has 1 atom stereocenters. The summed E-state index contributed by atoms with van der Waals surface area (Å²) in [4.78, 5) is 11.9. The van der Waals surface area contributed by atoms with Crippen LogP contribution in [0, 0.1) is 18.7 Å². The van der Waals surface area contributed by atoms with Crippen molar-refractivity contribution < 1.29 is 9.18 Å². The summed E-state index contributed by atoms with van der Waals surface area (Å²) in [6, 6.07) is 4.24. The molecule has 0 saturated carbocycles. The number of aryl methyl sites for hydroxylation is 1. The van der Waals surface area contributed by atoms with Gasteiger partial charge in [-0.15, -0.1) is 11.6 Å². The highest BCUT2D eigenvalue weighted by molar-refractivity contribution is 6.18. The van der Waals surface area contributed by atoms with Gasteiger partial charge in [-0.2, -0.15) is 0 Å². The highest BCUT2D eigenvalue weighted by Gasteiger charge is 2.16. The first-order valence-corrected chi connectivity index (χ1v) is 6.12. The van der Waals surface area contributed by atoms with Crippen LogP contribution < -0.4 is 5.32 Å². The van der Waals surface area contributed by atoms with Crippen LogP contribution in [0.4, 0.5) is 4.39 Å². The maximum Gasteiger partial charge on any atom is 0.251 e. The molecule has 0 radical (unpaired) electrons. The zero-order chi connectivity index (χ0) is 13.0. The Kier molecular flexibility index (Phi) is 4.94. The molecule has 17 heavy (non-hydrogen) atoms. The van der Waals surface area contributed by atoms with Crippen LogP contribution in [-0.4, -0.2) is 17.8 Å². The van der Waals surface area contributed by atoms with Crippen molar-refractivity contribution in [3.05, 3.63) is 35.1 Å². The second-order valence-electron chi connectivity index (χ2n) is 4.44. The van der Waals surface area contributed by atoms with Crippen molar-refractivity contribution in [3.8, 4) is 0 Å². The summed E-state index contributed by atoms with van der Waals surface area (Å²) < 4.78 is 13.1. The zero-order valence-electron chi connectivity index (χ0n) is 10.3. The molecule has 1 aromatic carbocycles. The third kappa shape index (κ3) is 3.70. The van der Waals surface area contributed by atoms with Crippen molar-refractivity contribution in [2.75, 3.05) is 5.88 Å². The van der Waals surface area contributed by atoms with Gasteiger partial charge in [0.2, 0.25) is 0 Å². The molecule has 0 spiro atoms. The maximum absolute atomic E-state index is 13.1. The number of benzene rings is 1. The van der Waals surface area contributed by atoms with E-state index in [4.69, 9.17) is 11.6 Å². The molecule has 0 aliphatic carbocycles. The lowest BCUT2D eigenvalue weighted by Gasteiger charge is -2.19. The van der Waals surface area contributed by atoms with Gasteiger partial charge in [-0.25, -0.2) is 4.39 Å². The number of carbonyl (C=O) groups is 1. The molecular weight excluding hydrogens is 241 g/mol. The van der Waals surface area contributed by atoms with Gasteiger partial charge in [-0.05, 0) is 36.6 Å².